The smallest absolute Gasteiger partial charge is 0.306 e. The monoisotopic (exact) mass is 830 g/mol. The van der Waals surface area contributed by atoms with Gasteiger partial charge >= 0.3 is 29.8 Å². The molecule has 0 radical (unpaired) electrons. The van der Waals surface area contributed by atoms with Gasteiger partial charge in [-0.2, -0.15) is 0 Å². The third-order valence-corrected chi connectivity index (χ3v) is 10.00. The van der Waals surface area contributed by atoms with Crippen molar-refractivity contribution in [2.75, 3.05) is 20.3 Å². The Balaban J connectivity index is 2.22. The molecular formula is C41H70N2O15. The summed E-state index contributed by atoms with van der Waals surface area (Å²) in [6.07, 6.45) is 7.02. The Morgan fingerprint density at radius 2 is 1.00 bits per heavy atom. The van der Waals surface area contributed by atoms with Crippen LogP contribution >= 0.6 is 0 Å². The molecule has 334 valence electrons. The number of amides is 1. The Morgan fingerprint density at radius 1 is 0.552 bits per heavy atom. The second-order valence-electron chi connectivity index (χ2n) is 15.1. The van der Waals surface area contributed by atoms with Gasteiger partial charge in [-0.15, -0.1) is 0 Å². The molecule has 0 aromatic carbocycles. The summed E-state index contributed by atoms with van der Waals surface area (Å²) < 4.78 is 51.7. The molecule has 17 nitrogen and oxygen atoms in total. The average Bonchev–Trinajstić information content (AvgIpc) is 3.15. The maximum absolute atomic E-state index is 13.5. The van der Waals surface area contributed by atoms with Crippen molar-refractivity contribution in [1.82, 2.24) is 5.32 Å². The van der Waals surface area contributed by atoms with Crippen LogP contribution in [0.25, 0.3) is 0 Å². The van der Waals surface area contributed by atoms with Crippen LogP contribution in [0.3, 0.4) is 0 Å². The number of carbonyl (C=O) groups is 6. The van der Waals surface area contributed by atoms with Gasteiger partial charge in [-0.05, 0) is 6.42 Å². The van der Waals surface area contributed by atoms with Crippen molar-refractivity contribution >= 4 is 35.8 Å². The SMILES string of the molecule is CCCCCCCCCCCCCCCCCC(=O)O[C@H]1[C@H](OC2O[C@H](COC(C)=O)[C@H](OC(C)=O)[C@H](N)[C@H]2OC(C)=O)[C@@H](COC(C)=O)OC(OC)[C@@H]1NC(C)=O. The Labute approximate surface area is 343 Å². The van der Waals surface area contributed by atoms with Crippen molar-refractivity contribution in [3.8, 4) is 0 Å². The van der Waals surface area contributed by atoms with Gasteiger partial charge in [-0.1, -0.05) is 96.8 Å². The van der Waals surface area contributed by atoms with Gasteiger partial charge in [-0.3, -0.25) is 28.8 Å². The standard InChI is InChI=1S/C41H70N2O15/c1-8-9-10-11-12-13-14-15-16-17-18-19-20-21-22-23-33(49)57-39-35(43-26(2)44)40(50-7)55-32(25-52-28(4)46)37(39)58-41-38(54-30(6)48)34(42)36(53-29(5)47)31(56-41)24-51-27(3)45/h31-32,34-41H,8-25,42H2,1-7H3,(H,43,44)/t31-,32-,34+,35-,36+,37-,38-,39-,40?,41?/m1/s1. The Morgan fingerprint density at radius 3 is 1.45 bits per heavy atom. The van der Waals surface area contributed by atoms with E-state index in [0.717, 1.165) is 39.5 Å². The molecule has 0 saturated carbocycles. The minimum atomic E-state index is -1.58. The number of methoxy groups -OCH3 is 1. The molecule has 2 fully saturated rings. The highest BCUT2D eigenvalue weighted by molar-refractivity contribution is 5.74. The van der Waals surface area contributed by atoms with E-state index in [0.29, 0.717) is 6.42 Å². The maximum Gasteiger partial charge on any atom is 0.306 e. The largest absolute Gasteiger partial charge is 0.463 e. The molecule has 2 saturated heterocycles. The number of unbranched alkanes of at least 4 members (excludes halogenated alkanes) is 14. The van der Waals surface area contributed by atoms with Gasteiger partial charge in [0.1, 0.15) is 37.6 Å². The van der Waals surface area contributed by atoms with Crippen molar-refractivity contribution in [2.24, 2.45) is 5.73 Å². The summed E-state index contributed by atoms with van der Waals surface area (Å²) in [6, 6.07) is -2.41. The van der Waals surface area contributed by atoms with E-state index < -0.39 is 110 Å². The third kappa shape index (κ3) is 19.1. The molecule has 0 aromatic rings. The van der Waals surface area contributed by atoms with Crippen LogP contribution in [0, 0.1) is 0 Å². The minimum Gasteiger partial charge on any atom is -0.463 e. The van der Waals surface area contributed by atoms with Crippen LogP contribution in [-0.2, 0) is 71.4 Å². The van der Waals surface area contributed by atoms with E-state index in [1.54, 1.807) is 0 Å². The summed E-state index contributed by atoms with van der Waals surface area (Å²) in [5, 5.41) is 2.72. The van der Waals surface area contributed by atoms with Gasteiger partial charge in [0.25, 0.3) is 0 Å². The second-order valence-corrected chi connectivity index (χ2v) is 15.1. The highest BCUT2D eigenvalue weighted by Gasteiger charge is 2.55. The predicted molar refractivity (Wildman–Crippen MR) is 209 cm³/mol. The van der Waals surface area contributed by atoms with Crippen LogP contribution in [0.2, 0.25) is 0 Å². The van der Waals surface area contributed by atoms with E-state index >= 15 is 0 Å². The molecule has 0 bridgehead atoms. The van der Waals surface area contributed by atoms with E-state index in [4.69, 9.17) is 48.4 Å². The number of esters is 5. The van der Waals surface area contributed by atoms with Crippen molar-refractivity contribution < 1.29 is 71.4 Å². The van der Waals surface area contributed by atoms with Crippen LogP contribution in [-0.4, -0.2) is 117 Å². The molecule has 2 aliphatic rings. The lowest BCUT2D eigenvalue weighted by Crippen LogP contribution is -2.69. The van der Waals surface area contributed by atoms with Crippen molar-refractivity contribution in [3.63, 3.8) is 0 Å². The van der Waals surface area contributed by atoms with Crippen LogP contribution < -0.4 is 11.1 Å². The predicted octanol–water partition coefficient (Wildman–Crippen LogP) is 4.46. The van der Waals surface area contributed by atoms with E-state index in [2.05, 4.69) is 12.2 Å². The van der Waals surface area contributed by atoms with Crippen molar-refractivity contribution in [3.05, 3.63) is 0 Å². The lowest BCUT2D eigenvalue weighted by molar-refractivity contribution is -0.337. The van der Waals surface area contributed by atoms with Gasteiger partial charge in [0.05, 0.1) is 6.04 Å². The zero-order valence-corrected chi connectivity index (χ0v) is 35.7. The minimum absolute atomic E-state index is 0.0663. The summed E-state index contributed by atoms with van der Waals surface area (Å²) >= 11 is 0. The first-order valence-corrected chi connectivity index (χ1v) is 21.0. The quantitative estimate of drug-likeness (QED) is 0.0662. The number of carbonyl (C=O) groups excluding carboxylic acids is 6. The van der Waals surface area contributed by atoms with Crippen LogP contribution in [0.1, 0.15) is 144 Å². The molecule has 10 atom stereocenters. The third-order valence-electron chi connectivity index (χ3n) is 10.00. The first-order valence-electron chi connectivity index (χ1n) is 21.0. The number of hydrogen-bond donors (Lipinski definition) is 2. The molecule has 2 heterocycles. The lowest BCUT2D eigenvalue weighted by atomic mass is 9.94. The molecule has 2 rings (SSSR count). The molecule has 0 aromatic heterocycles. The molecule has 58 heavy (non-hydrogen) atoms. The summed E-state index contributed by atoms with van der Waals surface area (Å²) in [5.74, 6) is -3.92. The summed E-state index contributed by atoms with van der Waals surface area (Å²) in [5.41, 5.74) is 6.53. The van der Waals surface area contributed by atoms with E-state index in [-0.39, 0.29) is 6.42 Å². The van der Waals surface area contributed by atoms with Gasteiger partial charge in [-0.25, -0.2) is 0 Å². The highest BCUT2D eigenvalue weighted by atomic mass is 16.8. The fraction of sp³-hybridized carbons (Fsp3) is 0.854. The first-order chi connectivity index (χ1) is 27.7. The fourth-order valence-electron chi connectivity index (χ4n) is 7.20. The summed E-state index contributed by atoms with van der Waals surface area (Å²) in [7, 11) is 1.33. The van der Waals surface area contributed by atoms with Gasteiger partial charge in [0.2, 0.25) is 5.91 Å². The van der Waals surface area contributed by atoms with E-state index in [1.807, 2.05) is 0 Å². The number of nitrogens with one attached hydrogen (secondary N) is 1. The van der Waals surface area contributed by atoms with Gasteiger partial charge in [0.15, 0.2) is 30.9 Å². The lowest BCUT2D eigenvalue weighted by Gasteiger charge is -2.49. The average molecular weight is 831 g/mol. The number of nitrogens with two attached hydrogens (primary N) is 1. The highest BCUT2D eigenvalue weighted by Crippen LogP contribution is 2.33. The normalized spacial score (nSPS) is 26.9. The topological polar surface area (TPSA) is 224 Å². The fourth-order valence-corrected chi connectivity index (χ4v) is 7.20. The Bertz CT molecular complexity index is 1270. The molecule has 3 N–H and O–H groups in total. The molecular weight excluding hydrogens is 760 g/mol. The molecule has 0 aliphatic carbocycles. The van der Waals surface area contributed by atoms with Crippen molar-refractivity contribution in [1.29, 1.82) is 0 Å². The zero-order chi connectivity index (χ0) is 43.0. The second kappa shape index (κ2) is 28.2. The van der Waals surface area contributed by atoms with Crippen molar-refractivity contribution in [2.45, 2.75) is 206 Å². The van der Waals surface area contributed by atoms with Gasteiger partial charge < -0.3 is 53.7 Å². The van der Waals surface area contributed by atoms with Crippen LogP contribution in [0.5, 0.6) is 0 Å². The van der Waals surface area contributed by atoms with Crippen LogP contribution in [0.15, 0.2) is 0 Å². The number of ether oxygens (including phenoxy) is 9. The number of hydrogen-bond acceptors (Lipinski definition) is 16. The molecule has 17 heteroatoms. The van der Waals surface area contributed by atoms with Gasteiger partial charge in [0, 0.05) is 48.1 Å². The zero-order valence-electron chi connectivity index (χ0n) is 35.7. The Kier molecular flexibility index (Phi) is 24.6. The molecule has 1 amide bonds. The van der Waals surface area contributed by atoms with Crippen LogP contribution in [0.4, 0.5) is 0 Å². The number of rotatable bonds is 27. The summed E-state index contributed by atoms with van der Waals surface area (Å²) in [6.45, 7) is 7.29. The Hall–Kier alpha value is -3.38. The summed E-state index contributed by atoms with van der Waals surface area (Å²) in [4.78, 5) is 74.1. The van der Waals surface area contributed by atoms with E-state index in [1.165, 1.54) is 92.1 Å². The van der Waals surface area contributed by atoms with E-state index in [9.17, 15) is 28.8 Å². The maximum atomic E-state index is 13.5. The first kappa shape index (κ1) is 50.8. The molecule has 2 aliphatic heterocycles. The molecule has 2 unspecified atom stereocenters. The molecule has 0 spiro atoms.